The average molecular weight is 287 g/mol. The minimum absolute atomic E-state index is 0.357. The summed E-state index contributed by atoms with van der Waals surface area (Å²) in [6.07, 6.45) is 3.65. The van der Waals surface area contributed by atoms with Gasteiger partial charge in [-0.15, -0.1) is 0 Å². The second-order valence-corrected chi connectivity index (χ2v) is 5.41. The zero-order valence-corrected chi connectivity index (χ0v) is 12.3. The van der Waals surface area contributed by atoms with Crippen LogP contribution >= 0.6 is 0 Å². The highest BCUT2D eigenvalue weighted by Crippen LogP contribution is 2.22. The van der Waals surface area contributed by atoms with Gasteiger partial charge >= 0.3 is 0 Å². The van der Waals surface area contributed by atoms with E-state index in [1.165, 1.54) is 12.0 Å². The maximum atomic E-state index is 5.94. The minimum atomic E-state index is 0.357. The topological polar surface area (TPSA) is 69.2 Å². The van der Waals surface area contributed by atoms with E-state index >= 15 is 0 Å². The second-order valence-electron chi connectivity index (χ2n) is 5.41. The number of ether oxygens (including phenoxy) is 1. The molecule has 0 saturated carbocycles. The lowest BCUT2D eigenvalue weighted by atomic mass is 10.1. The predicted octanol–water partition coefficient (Wildman–Crippen LogP) is 1.32. The number of hydrogen-bond acceptors (Lipinski definition) is 5. The van der Waals surface area contributed by atoms with Crippen molar-refractivity contribution < 1.29 is 4.74 Å². The first-order valence-corrected chi connectivity index (χ1v) is 7.28. The summed E-state index contributed by atoms with van der Waals surface area (Å²) in [5.74, 6) is 1.65. The molecule has 0 spiro atoms. The Labute approximate surface area is 124 Å². The summed E-state index contributed by atoms with van der Waals surface area (Å²) in [7, 11) is 1.86. The van der Waals surface area contributed by atoms with Gasteiger partial charge in [-0.05, 0) is 37.1 Å². The Balaban J connectivity index is 1.58. The Kier molecular flexibility index (Phi) is 4.06. The van der Waals surface area contributed by atoms with Crippen LogP contribution in [0, 0.1) is 0 Å². The number of nitrogens with two attached hydrogens (primary N) is 1. The molecule has 0 atom stereocenters. The molecular formula is C15H21N5O. The molecule has 1 aliphatic rings. The van der Waals surface area contributed by atoms with Crippen LogP contribution in [0.3, 0.4) is 0 Å². The third-order valence-corrected chi connectivity index (χ3v) is 3.91. The van der Waals surface area contributed by atoms with Gasteiger partial charge in [0.1, 0.15) is 18.7 Å². The summed E-state index contributed by atoms with van der Waals surface area (Å²) in [5, 5.41) is 4.02. The van der Waals surface area contributed by atoms with Crippen LogP contribution in [0.15, 0.2) is 30.6 Å². The largest absolute Gasteiger partial charge is 0.486 e. The van der Waals surface area contributed by atoms with Crippen molar-refractivity contribution >= 4 is 5.69 Å². The van der Waals surface area contributed by atoms with Crippen LogP contribution in [0.4, 0.5) is 5.69 Å². The van der Waals surface area contributed by atoms with E-state index in [1.54, 1.807) is 4.68 Å². The van der Waals surface area contributed by atoms with Gasteiger partial charge in [-0.2, -0.15) is 5.10 Å². The summed E-state index contributed by atoms with van der Waals surface area (Å²) in [4.78, 5) is 6.51. The zero-order valence-electron chi connectivity index (χ0n) is 12.3. The van der Waals surface area contributed by atoms with Crippen molar-refractivity contribution in [3.05, 3.63) is 36.4 Å². The van der Waals surface area contributed by atoms with Gasteiger partial charge in [-0.1, -0.05) is 0 Å². The Hall–Kier alpha value is -2.08. The third kappa shape index (κ3) is 3.33. The lowest BCUT2D eigenvalue weighted by Crippen LogP contribution is -2.39. The smallest absolute Gasteiger partial charge is 0.164 e. The lowest BCUT2D eigenvalue weighted by molar-refractivity contribution is 0.290. The molecule has 0 amide bonds. The number of aryl methyl sites for hydroxylation is 1. The Morgan fingerprint density at radius 2 is 1.95 bits per heavy atom. The van der Waals surface area contributed by atoms with Crippen LogP contribution in [0.5, 0.6) is 5.75 Å². The first-order valence-electron chi connectivity index (χ1n) is 7.28. The van der Waals surface area contributed by atoms with Crippen LogP contribution in [0.2, 0.25) is 0 Å². The van der Waals surface area contributed by atoms with Crippen LogP contribution in [0.25, 0.3) is 0 Å². The fourth-order valence-electron chi connectivity index (χ4n) is 2.51. The number of hydrogen-bond donors (Lipinski definition) is 1. The van der Waals surface area contributed by atoms with E-state index in [0.717, 1.165) is 37.5 Å². The molecule has 0 bridgehead atoms. The Morgan fingerprint density at radius 1 is 1.24 bits per heavy atom. The molecular weight excluding hydrogens is 266 g/mol. The van der Waals surface area contributed by atoms with Gasteiger partial charge in [0.05, 0.1) is 0 Å². The third-order valence-electron chi connectivity index (χ3n) is 3.91. The van der Waals surface area contributed by atoms with Crippen LogP contribution < -0.4 is 15.4 Å². The molecule has 1 aliphatic heterocycles. The predicted molar refractivity (Wildman–Crippen MR) is 81.2 cm³/mol. The van der Waals surface area contributed by atoms with Gasteiger partial charge < -0.3 is 15.4 Å². The molecule has 2 N–H and O–H groups in total. The van der Waals surface area contributed by atoms with Gasteiger partial charge in [0.15, 0.2) is 5.82 Å². The van der Waals surface area contributed by atoms with Crippen molar-refractivity contribution in [2.75, 3.05) is 18.0 Å². The monoisotopic (exact) mass is 287 g/mol. The van der Waals surface area contributed by atoms with Crippen molar-refractivity contribution in [3.8, 4) is 5.75 Å². The van der Waals surface area contributed by atoms with E-state index in [1.807, 2.05) is 19.2 Å². The summed E-state index contributed by atoms with van der Waals surface area (Å²) in [6, 6.07) is 8.56. The average Bonchev–Trinajstić information content (AvgIpc) is 2.92. The summed E-state index contributed by atoms with van der Waals surface area (Å²) in [5.41, 5.74) is 7.17. The second kappa shape index (κ2) is 6.13. The van der Waals surface area contributed by atoms with E-state index in [-0.39, 0.29) is 0 Å². The molecule has 21 heavy (non-hydrogen) atoms. The number of piperidine rings is 1. The van der Waals surface area contributed by atoms with Gasteiger partial charge in [-0.25, -0.2) is 4.98 Å². The SMILES string of the molecule is Cn1ncnc1COc1ccc(N2CCC(N)CC2)cc1. The highest BCUT2D eigenvalue weighted by molar-refractivity contribution is 5.49. The quantitative estimate of drug-likeness (QED) is 0.918. The molecule has 0 radical (unpaired) electrons. The van der Waals surface area contributed by atoms with E-state index in [4.69, 9.17) is 10.5 Å². The number of aromatic nitrogens is 3. The molecule has 6 heteroatoms. The Bertz CT molecular complexity index is 572. The number of benzene rings is 1. The highest BCUT2D eigenvalue weighted by Gasteiger charge is 2.16. The van der Waals surface area contributed by atoms with Crippen LogP contribution in [0.1, 0.15) is 18.7 Å². The normalized spacial score (nSPS) is 16.2. The molecule has 1 saturated heterocycles. The first kappa shape index (κ1) is 13.9. The van der Waals surface area contributed by atoms with E-state index in [0.29, 0.717) is 12.6 Å². The highest BCUT2D eigenvalue weighted by atomic mass is 16.5. The van der Waals surface area contributed by atoms with Gasteiger partial charge in [0, 0.05) is 31.9 Å². The van der Waals surface area contributed by atoms with E-state index < -0.39 is 0 Å². The standard InChI is InChI=1S/C15H21N5O/c1-19-15(17-11-18-19)10-21-14-4-2-13(3-5-14)20-8-6-12(16)7-9-20/h2-5,11-12H,6-10,16H2,1H3. The zero-order chi connectivity index (χ0) is 14.7. The minimum Gasteiger partial charge on any atom is -0.486 e. The van der Waals surface area contributed by atoms with E-state index in [9.17, 15) is 0 Å². The lowest BCUT2D eigenvalue weighted by Gasteiger charge is -2.32. The first-order chi connectivity index (χ1) is 10.2. The molecule has 1 aromatic carbocycles. The Morgan fingerprint density at radius 3 is 2.57 bits per heavy atom. The van der Waals surface area contributed by atoms with Crippen molar-refractivity contribution in [1.29, 1.82) is 0 Å². The number of rotatable bonds is 4. The van der Waals surface area contributed by atoms with Gasteiger partial charge in [0.25, 0.3) is 0 Å². The van der Waals surface area contributed by atoms with Crippen molar-refractivity contribution in [1.82, 2.24) is 14.8 Å². The van der Waals surface area contributed by atoms with Crippen molar-refractivity contribution in [3.63, 3.8) is 0 Å². The van der Waals surface area contributed by atoms with E-state index in [2.05, 4.69) is 27.1 Å². The molecule has 6 nitrogen and oxygen atoms in total. The molecule has 1 fully saturated rings. The van der Waals surface area contributed by atoms with Gasteiger partial charge in [0.2, 0.25) is 0 Å². The molecule has 2 aromatic rings. The summed E-state index contributed by atoms with van der Waals surface area (Å²) < 4.78 is 7.44. The molecule has 0 aliphatic carbocycles. The van der Waals surface area contributed by atoms with Crippen molar-refractivity contribution in [2.45, 2.75) is 25.5 Å². The van der Waals surface area contributed by atoms with Crippen LogP contribution in [-0.2, 0) is 13.7 Å². The fraction of sp³-hybridized carbons (Fsp3) is 0.467. The maximum absolute atomic E-state index is 5.94. The summed E-state index contributed by atoms with van der Waals surface area (Å²) >= 11 is 0. The maximum Gasteiger partial charge on any atom is 0.164 e. The van der Waals surface area contributed by atoms with Crippen LogP contribution in [-0.4, -0.2) is 33.9 Å². The molecule has 2 heterocycles. The molecule has 3 rings (SSSR count). The molecule has 112 valence electrons. The number of anilines is 1. The van der Waals surface area contributed by atoms with Gasteiger partial charge in [-0.3, -0.25) is 4.68 Å². The summed E-state index contributed by atoms with van der Waals surface area (Å²) in [6.45, 7) is 2.48. The van der Waals surface area contributed by atoms with Crippen molar-refractivity contribution in [2.24, 2.45) is 12.8 Å². The fourth-order valence-corrected chi connectivity index (χ4v) is 2.51. The molecule has 0 unspecified atom stereocenters. The molecule has 1 aromatic heterocycles. The number of nitrogens with zero attached hydrogens (tertiary/aromatic N) is 4.